The first kappa shape index (κ1) is 22.8. The number of nitrogens with one attached hydrogen (secondary N) is 1. The Morgan fingerprint density at radius 2 is 2.16 bits per heavy atom. The number of aryl methyl sites for hydroxylation is 1. The molecule has 0 unspecified atom stereocenters. The van der Waals surface area contributed by atoms with Gasteiger partial charge in [0.2, 0.25) is 0 Å². The second kappa shape index (κ2) is 11.0. The zero-order chi connectivity index (χ0) is 22.2. The molecule has 1 atom stereocenters. The molecule has 0 aliphatic heterocycles. The minimum atomic E-state index is -0.347. The van der Waals surface area contributed by atoms with Crippen LogP contribution in [0.5, 0.6) is 0 Å². The SMILES string of the molecule is CC.COC(=O)c1ccncc1NC[C@@H]1CCCc2cc(N(C)c3cccs3)ccc21.[HH]. The zero-order valence-corrected chi connectivity index (χ0v) is 19.5. The van der Waals surface area contributed by atoms with Crippen molar-refractivity contribution in [2.24, 2.45) is 0 Å². The summed E-state index contributed by atoms with van der Waals surface area (Å²) in [4.78, 5) is 18.4. The molecule has 3 aromatic rings. The van der Waals surface area contributed by atoms with E-state index in [4.69, 9.17) is 4.74 Å². The topological polar surface area (TPSA) is 54.5 Å². The number of carbonyl (C=O) groups is 1. The monoisotopic (exact) mass is 439 g/mol. The van der Waals surface area contributed by atoms with Gasteiger partial charge in [0, 0.05) is 32.8 Å². The number of ether oxygens (including phenoxy) is 1. The summed E-state index contributed by atoms with van der Waals surface area (Å²) in [6.45, 7) is 4.77. The van der Waals surface area contributed by atoms with Gasteiger partial charge >= 0.3 is 5.97 Å². The first-order chi connectivity index (χ1) is 15.2. The highest BCUT2D eigenvalue weighted by atomic mass is 32.1. The van der Waals surface area contributed by atoms with Gasteiger partial charge in [-0.05, 0) is 66.1 Å². The average molecular weight is 440 g/mol. The fourth-order valence-corrected chi connectivity index (χ4v) is 4.68. The molecule has 0 saturated carbocycles. The van der Waals surface area contributed by atoms with E-state index in [1.807, 2.05) is 13.8 Å². The second-order valence-corrected chi connectivity index (χ2v) is 8.20. The number of aromatic nitrogens is 1. The molecule has 0 spiro atoms. The van der Waals surface area contributed by atoms with Crippen molar-refractivity contribution in [2.45, 2.75) is 39.0 Å². The van der Waals surface area contributed by atoms with Crippen LogP contribution < -0.4 is 10.2 Å². The van der Waals surface area contributed by atoms with E-state index >= 15 is 0 Å². The molecule has 1 aliphatic carbocycles. The Balaban J connectivity index is 0.00000118. The molecule has 4 rings (SSSR count). The maximum absolute atomic E-state index is 12.0. The van der Waals surface area contributed by atoms with Gasteiger partial charge in [0.05, 0.1) is 29.6 Å². The van der Waals surface area contributed by atoms with Crippen molar-refractivity contribution < 1.29 is 11.0 Å². The molecule has 1 aliphatic rings. The first-order valence-electron chi connectivity index (χ1n) is 10.8. The van der Waals surface area contributed by atoms with Crippen molar-refractivity contribution in [3.05, 3.63) is 70.9 Å². The Morgan fingerprint density at radius 3 is 2.90 bits per heavy atom. The number of hydrogen-bond donors (Lipinski definition) is 1. The average Bonchev–Trinajstić information content (AvgIpc) is 3.38. The number of benzene rings is 1. The Hall–Kier alpha value is -2.86. The van der Waals surface area contributed by atoms with Crippen molar-refractivity contribution in [3.8, 4) is 0 Å². The second-order valence-electron chi connectivity index (χ2n) is 7.28. The van der Waals surface area contributed by atoms with Crippen LogP contribution in [-0.2, 0) is 11.2 Å². The van der Waals surface area contributed by atoms with Gasteiger partial charge in [-0.3, -0.25) is 4.98 Å². The van der Waals surface area contributed by atoms with E-state index < -0.39 is 0 Å². The number of hydrogen-bond acceptors (Lipinski definition) is 6. The predicted molar refractivity (Wildman–Crippen MR) is 132 cm³/mol. The van der Waals surface area contributed by atoms with Crippen LogP contribution in [0.25, 0.3) is 0 Å². The Bertz CT molecular complexity index is 995. The minimum absolute atomic E-state index is 0. The van der Waals surface area contributed by atoms with Gasteiger partial charge in [-0.25, -0.2) is 4.79 Å². The highest BCUT2D eigenvalue weighted by Gasteiger charge is 2.22. The molecule has 5 nitrogen and oxygen atoms in total. The normalized spacial score (nSPS) is 14.6. The van der Waals surface area contributed by atoms with Gasteiger partial charge in [0.25, 0.3) is 0 Å². The van der Waals surface area contributed by atoms with Crippen molar-refractivity contribution in [3.63, 3.8) is 0 Å². The van der Waals surface area contributed by atoms with Crippen LogP contribution in [0.15, 0.2) is 54.2 Å². The third kappa shape index (κ3) is 5.25. The minimum Gasteiger partial charge on any atom is -0.465 e. The lowest BCUT2D eigenvalue weighted by molar-refractivity contribution is 0.0601. The number of pyridine rings is 1. The van der Waals surface area contributed by atoms with Gasteiger partial charge in [-0.1, -0.05) is 19.9 Å². The highest BCUT2D eigenvalue weighted by Crippen LogP contribution is 2.36. The molecule has 0 amide bonds. The van der Waals surface area contributed by atoms with E-state index in [-0.39, 0.29) is 7.40 Å². The van der Waals surface area contributed by atoms with Crippen molar-refractivity contribution in [1.29, 1.82) is 0 Å². The zero-order valence-electron chi connectivity index (χ0n) is 18.7. The van der Waals surface area contributed by atoms with Crippen LogP contribution in [0.4, 0.5) is 16.4 Å². The standard InChI is InChI=1S/C23H25N3O2S.C2H6.H2/c1-26(22-7-4-12-29-22)18-8-9-19-16(13-18)5-3-6-17(19)14-25-21-15-24-11-10-20(21)23(27)28-2;1-2;/h4,7-13,15,17,25H,3,5-6,14H2,1-2H3;1-2H3;1H/t17-;;/m0../s1. The smallest absolute Gasteiger partial charge is 0.340 e. The molecule has 0 saturated heterocycles. The molecule has 0 radical (unpaired) electrons. The number of thiophene rings is 1. The lowest BCUT2D eigenvalue weighted by Crippen LogP contribution is -2.20. The third-order valence-corrected chi connectivity index (χ3v) is 6.50. The molecule has 166 valence electrons. The molecular weight excluding hydrogens is 406 g/mol. The van der Waals surface area contributed by atoms with Crippen LogP contribution >= 0.6 is 11.3 Å². The first-order valence-corrected chi connectivity index (χ1v) is 11.7. The summed E-state index contributed by atoms with van der Waals surface area (Å²) < 4.78 is 4.88. The van der Waals surface area contributed by atoms with Gasteiger partial charge in [-0.15, -0.1) is 11.3 Å². The molecular formula is C25H33N3O2S. The maximum atomic E-state index is 12.0. The van der Waals surface area contributed by atoms with Gasteiger partial charge in [0.15, 0.2) is 0 Å². The number of carbonyl (C=O) groups excluding carboxylic acids is 1. The quantitative estimate of drug-likeness (QED) is 0.444. The van der Waals surface area contributed by atoms with E-state index in [0.29, 0.717) is 11.5 Å². The molecule has 31 heavy (non-hydrogen) atoms. The van der Waals surface area contributed by atoms with Gasteiger partial charge in [0.1, 0.15) is 0 Å². The summed E-state index contributed by atoms with van der Waals surface area (Å²) in [5.41, 5.74) is 5.28. The fraction of sp³-hybridized carbons (Fsp3) is 0.360. The Labute approximate surface area is 190 Å². The summed E-state index contributed by atoms with van der Waals surface area (Å²) in [7, 11) is 3.51. The molecule has 2 aromatic heterocycles. The summed E-state index contributed by atoms with van der Waals surface area (Å²) in [6, 6.07) is 12.7. The number of anilines is 3. The van der Waals surface area contributed by atoms with E-state index in [9.17, 15) is 4.79 Å². The number of fused-ring (bicyclic) bond motifs is 1. The van der Waals surface area contributed by atoms with E-state index in [1.54, 1.807) is 29.8 Å². The van der Waals surface area contributed by atoms with E-state index in [1.165, 1.54) is 35.3 Å². The summed E-state index contributed by atoms with van der Waals surface area (Å²) in [6.07, 6.45) is 6.71. The lowest BCUT2D eigenvalue weighted by atomic mass is 9.82. The van der Waals surface area contributed by atoms with E-state index in [2.05, 4.69) is 58.0 Å². The summed E-state index contributed by atoms with van der Waals surface area (Å²) in [5, 5.41) is 6.77. The Morgan fingerprint density at radius 1 is 1.32 bits per heavy atom. The van der Waals surface area contributed by atoms with Crippen molar-refractivity contribution in [2.75, 3.05) is 30.9 Å². The summed E-state index contributed by atoms with van der Waals surface area (Å²) in [5.74, 6) is 0.0609. The molecule has 0 fully saturated rings. The third-order valence-electron chi connectivity index (χ3n) is 5.55. The van der Waals surface area contributed by atoms with Crippen molar-refractivity contribution >= 4 is 33.7 Å². The largest absolute Gasteiger partial charge is 0.465 e. The van der Waals surface area contributed by atoms with Crippen LogP contribution in [0, 0.1) is 0 Å². The highest BCUT2D eigenvalue weighted by molar-refractivity contribution is 7.14. The fourth-order valence-electron chi connectivity index (χ4n) is 3.97. The predicted octanol–water partition coefficient (Wildman–Crippen LogP) is 6.50. The Kier molecular flexibility index (Phi) is 8.06. The van der Waals surface area contributed by atoms with E-state index in [0.717, 1.165) is 25.1 Å². The number of esters is 1. The lowest BCUT2D eigenvalue weighted by Gasteiger charge is -2.28. The van der Waals surface area contributed by atoms with Gasteiger partial charge < -0.3 is 15.0 Å². The molecule has 1 N–H and O–H groups in total. The van der Waals surface area contributed by atoms with Gasteiger partial charge in [-0.2, -0.15) is 0 Å². The molecule has 2 heterocycles. The summed E-state index contributed by atoms with van der Waals surface area (Å²) >= 11 is 1.75. The van der Waals surface area contributed by atoms with Crippen LogP contribution in [0.3, 0.4) is 0 Å². The van der Waals surface area contributed by atoms with Crippen LogP contribution in [0.2, 0.25) is 0 Å². The number of nitrogens with zero attached hydrogens (tertiary/aromatic N) is 2. The number of methoxy groups -OCH3 is 1. The molecule has 6 heteroatoms. The van der Waals surface area contributed by atoms with Crippen LogP contribution in [0.1, 0.15) is 55.5 Å². The maximum Gasteiger partial charge on any atom is 0.340 e. The number of rotatable bonds is 6. The van der Waals surface area contributed by atoms with Crippen LogP contribution in [-0.4, -0.2) is 31.7 Å². The van der Waals surface area contributed by atoms with Crippen molar-refractivity contribution in [1.82, 2.24) is 4.98 Å². The molecule has 0 bridgehead atoms. The molecule has 1 aromatic carbocycles.